The molecule has 1 N–H and O–H groups in total. The molecule has 0 unspecified atom stereocenters. The van der Waals surface area contributed by atoms with E-state index in [0.717, 1.165) is 12.0 Å². The Morgan fingerprint density at radius 1 is 1.15 bits per heavy atom. The summed E-state index contributed by atoms with van der Waals surface area (Å²) in [6.45, 7) is 3.02. The fourth-order valence-corrected chi connectivity index (χ4v) is 2.78. The standard InChI is InChI=1S/C19H17N3O4/c1-12-3-6-17-20-10-14(19(24)22(17)11-12)18(23)21-13-4-5-15-16(9-13)26-8-2-7-25-15/h3-6,9-11H,2,7-8H2,1H3,(H,21,23). The summed E-state index contributed by atoms with van der Waals surface area (Å²) in [5.41, 5.74) is 1.48. The van der Waals surface area contributed by atoms with Gasteiger partial charge in [-0.3, -0.25) is 14.0 Å². The average Bonchev–Trinajstić information content (AvgIpc) is 2.87. The van der Waals surface area contributed by atoms with E-state index < -0.39 is 11.5 Å². The predicted octanol–water partition coefficient (Wildman–Crippen LogP) is 2.42. The number of nitrogens with zero attached hydrogens (tertiary/aromatic N) is 2. The number of anilines is 1. The molecule has 1 aliphatic heterocycles. The van der Waals surface area contributed by atoms with Gasteiger partial charge in [0.15, 0.2) is 11.5 Å². The van der Waals surface area contributed by atoms with Gasteiger partial charge in [-0.25, -0.2) is 4.98 Å². The number of carbonyl (C=O) groups excluding carboxylic acids is 1. The van der Waals surface area contributed by atoms with Crippen LogP contribution in [0.3, 0.4) is 0 Å². The van der Waals surface area contributed by atoms with Crippen molar-refractivity contribution in [2.45, 2.75) is 13.3 Å². The third-order valence-corrected chi connectivity index (χ3v) is 4.10. The number of pyridine rings is 1. The molecule has 0 fully saturated rings. The third-order valence-electron chi connectivity index (χ3n) is 4.10. The number of aryl methyl sites for hydroxylation is 1. The van der Waals surface area contributed by atoms with Gasteiger partial charge in [0, 0.05) is 30.6 Å². The van der Waals surface area contributed by atoms with Gasteiger partial charge < -0.3 is 14.8 Å². The normalized spacial score (nSPS) is 13.3. The van der Waals surface area contributed by atoms with E-state index in [1.165, 1.54) is 10.6 Å². The van der Waals surface area contributed by atoms with Crippen molar-refractivity contribution in [1.82, 2.24) is 9.38 Å². The number of rotatable bonds is 2. The topological polar surface area (TPSA) is 81.9 Å². The Morgan fingerprint density at radius 3 is 2.81 bits per heavy atom. The van der Waals surface area contributed by atoms with Gasteiger partial charge in [-0.15, -0.1) is 0 Å². The molecule has 3 heterocycles. The Hall–Kier alpha value is -3.35. The predicted molar refractivity (Wildman–Crippen MR) is 96.2 cm³/mol. The van der Waals surface area contributed by atoms with E-state index in [2.05, 4.69) is 10.3 Å². The van der Waals surface area contributed by atoms with E-state index in [1.807, 2.05) is 13.0 Å². The molecule has 0 saturated heterocycles. The van der Waals surface area contributed by atoms with E-state index in [0.29, 0.717) is 36.0 Å². The summed E-state index contributed by atoms with van der Waals surface area (Å²) in [4.78, 5) is 29.4. The summed E-state index contributed by atoms with van der Waals surface area (Å²) in [6, 6.07) is 8.74. The molecule has 0 radical (unpaired) electrons. The first kappa shape index (κ1) is 16.1. The lowest BCUT2D eigenvalue weighted by Crippen LogP contribution is -2.26. The molecule has 132 valence electrons. The van der Waals surface area contributed by atoms with E-state index in [1.54, 1.807) is 30.5 Å². The van der Waals surface area contributed by atoms with Gasteiger partial charge in [0.05, 0.1) is 13.2 Å². The highest BCUT2D eigenvalue weighted by atomic mass is 16.5. The Balaban J connectivity index is 1.64. The van der Waals surface area contributed by atoms with Crippen LogP contribution in [-0.2, 0) is 0 Å². The summed E-state index contributed by atoms with van der Waals surface area (Å²) in [5, 5.41) is 2.72. The van der Waals surface area contributed by atoms with Crippen LogP contribution in [0.25, 0.3) is 5.65 Å². The SMILES string of the molecule is Cc1ccc2ncc(C(=O)Nc3ccc4c(c3)OCCCO4)c(=O)n2c1. The molecule has 26 heavy (non-hydrogen) atoms. The van der Waals surface area contributed by atoms with Crippen LogP contribution < -0.4 is 20.3 Å². The Bertz CT molecular complexity index is 1060. The van der Waals surface area contributed by atoms with E-state index >= 15 is 0 Å². The fraction of sp³-hybridized carbons (Fsp3) is 0.211. The zero-order valence-electron chi connectivity index (χ0n) is 14.2. The molecule has 1 amide bonds. The van der Waals surface area contributed by atoms with Crippen LogP contribution in [0, 0.1) is 6.92 Å². The number of ether oxygens (including phenoxy) is 2. The zero-order valence-corrected chi connectivity index (χ0v) is 14.2. The highest BCUT2D eigenvalue weighted by Gasteiger charge is 2.16. The maximum absolute atomic E-state index is 12.6. The molecule has 0 spiro atoms. The largest absolute Gasteiger partial charge is 0.490 e. The van der Waals surface area contributed by atoms with Gasteiger partial charge in [-0.2, -0.15) is 0 Å². The summed E-state index contributed by atoms with van der Waals surface area (Å²) in [5.74, 6) is 0.695. The molecule has 0 bridgehead atoms. The lowest BCUT2D eigenvalue weighted by atomic mass is 10.2. The molecule has 0 atom stereocenters. The van der Waals surface area contributed by atoms with Gasteiger partial charge in [-0.05, 0) is 30.7 Å². The molecular weight excluding hydrogens is 334 g/mol. The molecule has 3 aromatic rings. The van der Waals surface area contributed by atoms with Crippen LogP contribution >= 0.6 is 0 Å². The van der Waals surface area contributed by atoms with Gasteiger partial charge in [0.25, 0.3) is 11.5 Å². The maximum atomic E-state index is 12.6. The highest BCUT2D eigenvalue weighted by molar-refractivity contribution is 6.04. The lowest BCUT2D eigenvalue weighted by molar-refractivity contribution is 0.102. The summed E-state index contributed by atoms with van der Waals surface area (Å²) in [6.07, 6.45) is 3.76. The lowest BCUT2D eigenvalue weighted by Gasteiger charge is -2.10. The summed E-state index contributed by atoms with van der Waals surface area (Å²) < 4.78 is 12.6. The average molecular weight is 351 g/mol. The minimum atomic E-state index is -0.520. The zero-order chi connectivity index (χ0) is 18.1. The van der Waals surface area contributed by atoms with Crippen molar-refractivity contribution in [2.24, 2.45) is 0 Å². The van der Waals surface area contributed by atoms with Crippen LogP contribution in [-0.4, -0.2) is 28.5 Å². The number of hydrogen-bond donors (Lipinski definition) is 1. The fourth-order valence-electron chi connectivity index (χ4n) is 2.78. The van der Waals surface area contributed by atoms with Crippen LogP contribution in [0.5, 0.6) is 11.5 Å². The second-order valence-electron chi connectivity index (χ2n) is 6.08. The van der Waals surface area contributed by atoms with Crippen molar-refractivity contribution in [1.29, 1.82) is 0 Å². The van der Waals surface area contributed by atoms with E-state index in [9.17, 15) is 9.59 Å². The minimum absolute atomic E-state index is 0.0276. The first-order valence-electron chi connectivity index (χ1n) is 8.31. The summed E-state index contributed by atoms with van der Waals surface area (Å²) in [7, 11) is 0. The van der Waals surface area contributed by atoms with Gasteiger partial charge in [-0.1, -0.05) is 6.07 Å². The van der Waals surface area contributed by atoms with Crippen molar-refractivity contribution in [2.75, 3.05) is 18.5 Å². The van der Waals surface area contributed by atoms with Crippen molar-refractivity contribution < 1.29 is 14.3 Å². The molecule has 0 saturated carbocycles. The van der Waals surface area contributed by atoms with Crippen LogP contribution in [0.15, 0.2) is 47.5 Å². The number of benzene rings is 1. The molecule has 2 aromatic heterocycles. The quantitative estimate of drug-likeness (QED) is 0.767. The van der Waals surface area contributed by atoms with Crippen molar-refractivity contribution in [3.63, 3.8) is 0 Å². The van der Waals surface area contributed by atoms with E-state index in [4.69, 9.17) is 9.47 Å². The van der Waals surface area contributed by atoms with Crippen molar-refractivity contribution >= 4 is 17.2 Å². The number of aromatic nitrogens is 2. The van der Waals surface area contributed by atoms with Crippen molar-refractivity contribution in [3.8, 4) is 11.5 Å². The first-order valence-corrected chi connectivity index (χ1v) is 8.31. The van der Waals surface area contributed by atoms with E-state index in [-0.39, 0.29) is 5.56 Å². The maximum Gasteiger partial charge on any atom is 0.270 e. The van der Waals surface area contributed by atoms with Gasteiger partial charge in [0.2, 0.25) is 0 Å². The molecule has 1 aromatic carbocycles. The van der Waals surface area contributed by atoms with Gasteiger partial charge >= 0.3 is 0 Å². The number of fused-ring (bicyclic) bond motifs is 2. The first-order chi connectivity index (χ1) is 12.6. The Kier molecular flexibility index (Phi) is 4.04. The number of hydrogen-bond acceptors (Lipinski definition) is 5. The highest BCUT2D eigenvalue weighted by Crippen LogP contribution is 2.32. The molecular formula is C19H17N3O4. The van der Waals surface area contributed by atoms with Crippen LogP contribution in [0.4, 0.5) is 5.69 Å². The molecule has 0 aliphatic carbocycles. The number of nitrogens with one attached hydrogen (secondary N) is 1. The smallest absolute Gasteiger partial charge is 0.270 e. The van der Waals surface area contributed by atoms with Crippen molar-refractivity contribution in [3.05, 3.63) is 64.2 Å². The van der Waals surface area contributed by atoms with Gasteiger partial charge in [0.1, 0.15) is 11.2 Å². The third kappa shape index (κ3) is 2.99. The minimum Gasteiger partial charge on any atom is -0.490 e. The second kappa shape index (κ2) is 6.51. The molecule has 4 rings (SSSR count). The second-order valence-corrected chi connectivity index (χ2v) is 6.08. The molecule has 7 nitrogen and oxygen atoms in total. The number of carbonyl (C=O) groups is 1. The summed E-state index contributed by atoms with van der Waals surface area (Å²) >= 11 is 0. The molecule has 7 heteroatoms. The Labute approximate surface area is 149 Å². The molecule has 1 aliphatic rings. The Morgan fingerprint density at radius 2 is 1.96 bits per heavy atom. The van der Waals surface area contributed by atoms with Crippen LogP contribution in [0.2, 0.25) is 0 Å². The number of amides is 1. The monoisotopic (exact) mass is 351 g/mol. The van der Waals surface area contributed by atoms with Crippen LogP contribution in [0.1, 0.15) is 22.3 Å².